The molecule has 0 aliphatic rings. The lowest BCUT2D eigenvalue weighted by atomic mass is 9.73. The maximum Gasteiger partial charge on any atom is 0.306 e. The number of hydrogen-bond acceptors (Lipinski definition) is 2. The lowest BCUT2D eigenvalue weighted by Crippen LogP contribution is -2.23. The zero-order valence-corrected chi connectivity index (χ0v) is 16.4. The Morgan fingerprint density at radius 2 is 1.62 bits per heavy atom. The van der Waals surface area contributed by atoms with Gasteiger partial charge in [0.05, 0.1) is 5.92 Å². The van der Waals surface area contributed by atoms with Crippen molar-refractivity contribution in [3.05, 3.63) is 65.2 Å². The molecule has 0 aliphatic carbocycles. The lowest BCUT2D eigenvalue weighted by Gasteiger charge is -2.31. The van der Waals surface area contributed by atoms with E-state index in [4.69, 9.17) is 5.11 Å². The molecule has 0 amide bonds. The molecule has 0 spiro atoms. The largest absolute Gasteiger partial charge is 0.508 e. The van der Waals surface area contributed by atoms with Gasteiger partial charge in [0.1, 0.15) is 5.75 Å². The molecule has 2 aromatic carbocycles. The fourth-order valence-electron chi connectivity index (χ4n) is 3.31. The van der Waals surface area contributed by atoms with Crippen molar-refractivity contribution in [3.63, 3.8) is 0 Å². The Bertz CT molecular complexity index is 760. The molecule has 2 rings (SSSR count). The van der Waals surface area contributed by atoms with Crippen LogP contribution in [0, 0.1) is 5.92 Å². The molecule has 3 heteroatoms. The number of benzene rings is 2. The van der Waals surface area contributed by atoms with Gasteiger partial charge in [0, 0.05) is 11.0 Å². The summed E-state index contributed by atoms with van der Waals surface area (Å²) >= 11 is 0. The summed E-state index contributed by atoms with van der Waals surface area (Å²) in [5.74, 6) is -0.818. The van der Waals surface area contributed by atoms with E-state index in [0.29, 0.717) is 6.42 Å². The number of rotatable bonds is 7. The van der Waals surface area contributed by atoms with Crippen LogP contribution in [0.25, 0.3) is 0 Å². The molecule has 0 saturated heterocycles. The van der Waals surface area contributed by atoms with Gasteiger partial charge in [-0.3, -0.25) is 4.79 Å². The molecule has 1 atom stereocenters. The van der Waals surface area contributed by atoms with Crippen molar-refractivity contribution < 1.29 is 15.0 Å². The summed E-state index contributed by atoms with van der Waals surface area (Å²) in [6.45, 7) is 10.2. The van der Waals surface area contributed by atoms with E-state index in [1.165, 1.54) is 0 Å². The summed E-state index contributed by atoms with van der Waals surface area (Å²) in [5.41, 5.74) is 2.65. The topological polar surface area (TPSA) is 57.5 Å². The molecule has 3 nitrogen and oxygen atoms in total. The van der Waals surface area contributed by atoms with Crippen LogP contribution < -0.4 is 0 Å². The first kappa shape index (κ1) is 20.0. The molecule has 0 saturated carbocycles. The third kappa shape index (κ3) is 4.27. The van der Waals surface area contributed by atoms with Crippen LogP contribution in [0.4, 0.5) is 0 Å². The van der Waals surface area contributed by atoms with Crippen molar-refractivity contribution in [1.82, 2.24) is 0 Å². The van der Waals surface area contributed by atoms with E-state index in [1.807, 2.05) is 24.3 Å². The number of aliphatic carboxylic acids is 1. The second-order valence-corrected chi connectivity index (χ2v) is 8.38. The summed E-state index contributed by atoms with van der Waals surface area (Å²) in [4.78, 5) is 11.1. The van der Waals surface area contributed by atoms with E-state index in [1.54, 1.807) is 13.0 Å². The van der Waals surface area contributed by atoms with Gasteiger partial charge in [-0.05, 0) is 35.4 Å². The summed E-state index contributed by atoms with van der Waals surface area (Å²) in [6.07, 6.45) is 1.40. The van der Waals surface area contributed by atoms with E-state index >= 15 is 0 Å². The predicted molar refractivity (Wildman–Crippen MR) is 106 cm³/mol. The molecule has 26 heavy (non-hydrogen) atoms. The second kappa shape index (κ2) is 7.53. The molecule has 2 aromatic rings. The van der Waals surface area contributed by atoms with Crippen molar-refractivity contribution in [2.24, 2.45) is 5.92 Å². The van der Waals surface area contributed by atoms with Crippen molar-refractivity contribution in [1.29, 1.82) is 0 Å². The van der Waals surface area contributed by atoms with E-state index in [0.717, 1.165) is 23.1 Å². The Balaban J connectivity index is 2.36. The van der Waals surface area contributed by atoms with Crippen molar-refractivity contribution in [2.45, 2.75) is 58.3 Å². The summed E-state index contributed by atoms with van der Waals surface area (Å²) in [5, 5.41) is 19.6. The smallest absolute Gasteiger partial charge is 0.306 e. The first-order valence-electron chi connectivity index (χ1n) is 9.18. The summed E-state index contributed by atoms with van der Waals surface area (Å²) in [7, 11) is 0. The van der Waals surface area contributed by atoms with Crippen molar-refractivity contribution in [3.8, 4) is 5.75 Å². The average molecular weight is 354 g/mol. The first-order valence-corrected chi connectivity index (χ1v) is 9.18. The summed E-state index contributed by atoms with van der Waals surface area (Å²) in [6, 6.07) is 15.9. The maximum absolute atomic E-state index is 11.1. The van der Waals surface area contributed by atoms with Gasteiger partial charge in [-0.25, -0.2) is 0 Å². The van der Waals surface area contributed by atoms with Gasteiger partial charge in [0.2, 0.25) is 0 Å². The van der Waals surface area contributed by atoms with E-state index in [2.05, 4.69) is 45.9 Å². The lowest BCUT2D eigenvalue weighted by molar-refractivity contribution is -0.141. The number of carboxylic acids is 1. The van der Waals surface area contributed by atoms with Crippen LogP contribution in [-0.4, -0.2) is 16.2 Å². The molecule has 0 bridgehead atoms. The third-order valence-electron chi connectivity index (χ3n) is 5.57. The van der Waals surface area contributed by atoms with Crippen molar-refractivity contribution in [2.75, 3.05) is 0 Å². The highest BCUT2D eigenvalue weighted by Crippen LogP contribution is 2.40. The van der Waals surface area contributed by atoms with E-state index in [-0.39, 0.29) is 22.5 Å². The molecule has 0 heterocycles. The first-order chi connectivity index (χ1) is 12.1. The molecular weight excluding hydrogens is 324 g/mol. The minimum absolute atomic E-state index is 0.168. The van der Waals surface area contributed by atoms with Crippen LogP contribution in [0.3, 0.4) is 0 Å². The number of phenolic OH excluding ortho intramolecular Hbond substituents is 1. The van der Waals surface area contributed by atoms with Crippen LogP contribution in [0.15, 0.2) is 48.5 Å². The van der Waals surface area contributed by atoms with Gasteiger partial charge in [0.25, 0.3) is 0 Å². The quantitative estimate of drug-likeness (QED) is 0.690. The fraction of sp³-hybridized carbons (Fsp3) is 0.435. The van der Waals surface area contributed by atoms with Gasteiger partial charge >= 0.3 is 5.97 Å². The highest BCUT2D eigenvalue weighted by molar-refractivity contribution is 5.69. The zero-order valence-electron chi connectivity index (χ0n) is 16.4. The Labute approximate surface area is 156 Å². The summed E-state index contributed by atoms with van der Waals surface area (Å²) < 4.78 is 0. The molecule has 140 valence electrons. The SMILES string of the molecule is CC(CCC(C)(C)c1ccc(O)c(C(C)(C)c2ccccc2)c1)C(=O)O. The number of carbonyl (C=O) groups is 1. The van der Waals surface area contributed by atoms with E-state index in [9.17, 15) is 9.90 Å². The van der Waals surface area contributed by atoms with Crippen molar-refractivity contribution >= 4 is 5.97 Å². The standard InChI is InChI=1S/C23H30O3/c1-16(21(25)26)13-14-22(2,3)18-11-12-20(24)19(15-18)23(4,5)17-9-7-6-8-10-17/h6-12,15-16,24H,13-14H2,1-5H3,(H,25,26). The number of carboxylic acid groups (broad SMARTS) is 1. The van der Waals surface area contributed by atoms with Gasteiger partial charge < -0.3 is 10.2 Å². The number of aromatic hydroxyl groups is 1. The predicted octanol–water partition coefficient (Wildman–Crippen LogP) is 5.50. The molecule has 0 radical (unpaired) electrons. The minimum Gasteiger partial charge on any atom is -0.508 e. The Hall–Kier alpha value is -2.29. The maximum atomic E-state index is 11.1. The van der Waals surface area contributed by atoms with Crippen LogP contribution in [0.2, 0.25) is 0 Å². The van der Waals surface area contributed by atoms with Crippen LogP contribution in [0.1, 0.15) is 64.2 Å². The van der Waals surface area contributed by atoms with Gasteiger partial charge in [-0.1, -0.05) is 77.1 Å². The van der Waals surface area contributed by atoms with Crippen LogP contribution in [-0.2, 0) is 15.6 Å². The molecule has 0 fully saturated rings. The minimum atomic E-state index is -0.752. The van der Waals surface area contributed by atoms with Gasteiger partial charge in [-0.15, -0.1) is 0 Å². The van der Waals surface area contributed by atoms with Crippen LogP contribution in [0.5, 0.6) is 5.75 Å². The Morgan fingerprint density at radius 3 is 2.19 bits per heavy atom. The fourth-order valence-corrected chi connectivity index (χ4v) is 3.31. The third-order valence-corrected chi connectivity index (χ3v) is 5.57. The molecule has 0 aliphatic heterocycles. The molecular formula is C23H30O3. The Morgan fingerprint density at radius 1 is 1.00 bits per heavy atom. The van der Waals surface area contributed by atoms with E-state index < -0.39 is 5.97 Å². The Kier molecular flexibility index (Phi) is 5.80. The zero-order chi connectivity index (χ0) is 19.5. The highest BCUT2D eigenvalue weighted by Gasteiger charge is 2.29. The number of hydrogen-bond donors (Lipinski definition) is 2. The molecule has 2 N–H and O–H groups in total. The van der Waals surface area contributed by atoms with Gasteiger partial charge in [0.15, 0.2) is 0 Å². The average Bonchev–Trinajstić information content (AvgIpc) is 2.60. The van der Waals surface area contributed by atoms with Gasteiger partial charge in [-0.2, -0.15) is 0 Å². The van der Waals surface area contributed by atoms with Crippen LogP contribution >= 0.6 is 0 Å². The molecule has 0 aromatic heterocycles. The second-order valence-electron chi connectivity index (χ2n) is 8.38. The molecule has 1 unspecified atom stereocenters. The highest BCUT2D eigenvalue weighted by atomic mass is 16.4. The monoisotopic (exact) mass is 354 g/mol. The normalized spacial score (nSPS) is 13.4. The number of phenols is 1.